The Morgan fingerprint density at radius 3 is 2.02 bits per heavy atom. The predicted octanol–water partition coefficient (Wildman–Crippen LogP) is 10.9. The molecule has 0 amide bonds. The van der Waals surface area contributed by atoms with E-state index in [9.17, 15) is 9.13 Å². The largest absolute Gasteiger partial charge is 0.532 e. The molecule has 0 aromatic heterocycles. The molecule has 0 saturated carbocycles. The zero-order valence-corrected chi connectivity index (χ0v) is 30.4. The number of hydrogen-bond acceptors (Lipinski definition) is 9. The first kappa shape index (κ1) is 37.5. The lowest BCUT2D eigenvalue weighted by Crippen LogP contribution is -2.20. The minimum Gasteiger partial charge on any atom is -0.467 e. The van der Waals surface area contributed by atoms with Crippen LogP contribution >= 0.6 is 15.4 Å². The van der Waals surface area contributed by atoms with Crippen molar-refractivity contribution in [2.75, 3.05) is 27.4 Å². The summed E-state index contributed by atoms with van der Waals surface area (Å²) in [4.78, 5) is 0. The summed E-state index contributed by atoms with van der Waals surface area (Å²) in [5.41, 5.74) is 4.02. The number of ether oxygens (including phenoxy) is 2. The topological polar surface area (TPSA) is 98.8 Å². The van der Waals surface area contributed by atoms with E-state index in [1.54, 1.807) is 48.5 Å². The molecule has 0 bridgehead atoms. The zero-order valence-electron chi connectivity index (χ0n) is 28.6. The molecule has 1 aliphatic carbocycles. The van der Waals surface area contributed by atoms with Crippen molar-refractivity contribution in [1.82, 2.24) is 0 Å². The lowest BCUT2D eigenvalue weighted by atomic mass is 9.73. The summed E-state index contributed by atoms with van der Waals surface area (Å²) < 4.78 is 66.8. The van der Waals surface area contributed by atoms with Crippen LogP contribution in [-0.2, 0) is 29.1 Å². The van der Waals surface area contributed by atoms with Crippen LogP contribution in [0.15, 0.2) is 96.6 Å². The van der Waals surface area contributed by atoms with Crippen molar-refractivity contribution >= 4 is 15.4 Å². The summed E-state index contributed by atoms with van der Waals surface area (Å²) in [5.74, 6) is 1.77. The highest BCUT2D eigenvalue weighted by molar-refractivity contribution is 7.53. The quantitative estimate of drug-likeness (QED) is 0.0524. The first-order chi connectivity index (χ1) is 23.0. The van der Waals surface area contributed by atoms with Crippen LogP contribution in [0.1, 0.15) is 69.9 Å². The average molecular weight is 699 g/mol. The van der Waals surface area contributed by atoms with E-state index < -0.39 is 22.2 Å². The van der Waals surface area contributed by atoms with Gasteiger partial charge >= 0.3 is 15.4 Å². The van der Waals surface area contributed by atoms with Gasteiger partial charge in [-0.05, 0) is 87.4 Å². The lowest BCUT2D eigenvalue weighted by Gasteiger charge is -2.33. The van der Waals surface area contributed by atoms with Crippen molar-refractivity contribution in [1.29, 1.82) is 0 Å². The summed E-state index contributed by atoms with van der Waals surface area (Å²) >= 11 is 0. The number of phosphoric ester groups is 1. The van der Waals surface area contributed by atoms with Gasteiger partial charge in [0.25, 0.3) is 0 Å². The number of rotatable bonds is 19. The van der Waals surface area contributed by atoms with E-state index in [0.717, 1.165) is 55.2 Å². The second-order valence-corrected chi connectivity index (χ2v) is 15.7. The normalized spacial score (nSPS) is 18.6. The van der Waals surface area contributed by atoms with Gasteiger partial charge in [0.1, 0.15) is 23.0 Å². The number of aryl methyl sites for hydroxylation is 1. The first-order valence-electron chi connectivity index (χ1n) is 16.3. The van der Waals surface area contributed by atoms with Crippen molar-refractivity contribution in [3.05, 3.63) is 108 Å². The van der Waals surface area contributed by atoms with E-state index in [0.29, 0.717) is 23.0 Å². The Hall–Kier alpha value is -3.32. The molecule has 4 atom stereocenters. The van der Waals surface area contributed by atoms with Crippen LogP contribution in [0.4, 0.5) is 0 Å². The molecule has 1 aliphatic rings. The van der Waals surface area contributed by atoms with E-state index in [4.69, 9.17) is 32.1 Å². The molecule has 4 rings (SSSR count). The van der Waals surface area contributed by atoms with Crippen molar-refractivity contribution in [3.8, 4) is 23.0 Å². The van der Waals surface area contributed by atoms with Crippen molar-refractivity contribution < 1.29 is 41.2 Å². The van der Waals surface area contributed by atoms with Crippen LogP contribution in [0.25, 0.3) is 0 Å². The maximum Gasteiger partial charge on any atom is 0.532 e. The minimum atomic E-state index is -4.00. The van der Waals surface area contributed by atoms with Gasteiger partial charge in [0.05, 0.1) is 6.66 Å². The number of phosphoric acid groups is 1. The van der Waals surface area contributed by atoms with Crippen molar-refractivity contribution in [2.24, 2.45) is 5.92 Å². The molecule has 0 spiro atoms. The molecule has 9 nitrogen and oxygen atoms in total. The highest BCUT2D eigenvalue weighted by Crippen LogP contribution is 2.51. The molecule has 3 aromatic rings. The molecule has 260 valence electrons. The van der Waals surface area contributed by atoms with Crippen LogP contribution in [0.2, 0.25) is 0 Å². The van der Waals surface area contributed by atoms with Gasteiger partial charge in [-0.15, -0.1) is 0 Å². The molecule has 0 saturated heterocycles. The monoisotopic (exact) mass is 698 g/mol. The van der Waals surface area contributed by atoms with Crippen molar-refractivity contribution in [2.45, 2.75) is 65.2 Å². The number of allylic oxidation sites excluding steroid dienone is 3. The molecule has 0 fully saturated rings. The first-order valence-corrected chi connectivity index (χ1v) is 19.7. The zero-order chi connectivity index (χ0) is 34.6. The number of hydrogen-bond donors (Lipinski definition) is 0. The maximum absolute atomic E-state index is 13.3. The van der Waals surface area contributed by atoms with Crippen molar-refractivity contribution in [3.63, 3.8) is 0 Å². The fourth-order valence-corrected chi connectivity index (χ4v) is 7.21. The fourth-order valence-electron chi connectivity index (χ4n) is 5.62. The summed E-state index contributed by atoms with van der Waals surface area (Å²) in [6.45, 7) is 11.3. The molecule has 4 unspecified atom stereocenters. The third kappa shape index (κ3) is 11.1. The van der Waals surface area contributed by atoms with Gasteiger partial charge in [-0.25, -0.2) is 13.7 Å². The Morgan fingerprint density at radius 1 is 0.875 bits per heavy atom. The number of unbranched alkanes of at least 4 members (excludes halogenated alkanes) is 2. The summed E-state index contributed by atoms with van der Waals surface area (Å²) in [6, 6.07) is 21.5. The summed E-state index contributed by atoms with van der Waals surface area (Å²) in [7, 11) is -6.25. The Labute approximate surface area is 285 Å². The number of para-hydroxylation sites is 2. The molecule has 11 heteroatoms. The summed E-state index contributed by atoms with van der Waals surface area (Å²) in [5, 5.41) is 0. The van der Waals surface area contributed by atoms with E-state index in [1.165, 1.54) is 19.3 Å². The van der Waals surface area contributed by atoms with Gasteiger partial charge in [0.15, 0.2) is 6.79 Å². The highest BCUT2D eigenvalue weighted by atomic mass is 31.2. The highest BCUT2D eigenvalue weighted by Gasteiger charge is 2.33. The van der Waals surface area contributed by atoms with Crippen LogP contribution in [0.5, 0.6) is 23.0 Å². The van der Waals surface area contributed by atoms with Gasteiger partial charge in [-0.2, -0.15) is 0 Å². The smallest absolute Gasteiger partial charge is 0.467 e. The third-order valence-electron chi connectivity index (χ3n) is 8.07. The van der Waals surface area contributed by atoms with Crippen LogP contribution in [-0.4, -0.2) is 27.4 Å². The van der Waals surface area contributed by atoms with Gasteiger partial charge in [0, 0.05) is 18.6 Å². The third-order valence-corrected chi connectivity index (χ3v) is 10.5. The second kappa shape index (κ2) is 17.9. The molecule has 0 radical (unpaired) electrons. The molecule has 48 heavy (non-hydrogen) atoms. The second-order valence-electron chi connectivity index (χ2n) is 12.0. The SMILES string of the molecule is C=C(C)C1CCC(C)=CC1c1c(OCOP(C)(=O)Oc2ccccc2)cc(CCCCC)cc1OCOP(=O)(OC)Oc1ccccc1. The van der Waals surface area contributed by atoms with Crippen LogP contribution < -0.4 is 18.5 Å². The average Bonchev–Trinajstić information content (AvgIpc) is 3.05. The van der Waals surface area contributed by atoms with Gasteiger partial charge in [-0.1, -0.05) is 80.0 Å². The van der Waals surface area contributed by atoms with Gasteiger partial charge in [-0.3, -0.25) is 9.05 Å². The van der Waals surface area contributed by atoms with Gasteiger partial charge in [0.2, 0.25) is 6.79 Å². The van der Waals surface area contributed by atoms with Crippen LogP contribution in [0, 0.1) is 5.92 Å². The minimum absolute atomic E-state index is 0.108. The Balaban J connectivity index is 1.66. The maximum atomic E-state index is 13.3. The predicted molar refractivity (Wildman–Crippen MR) is 189 cm³/mol. The Morgan fingerprint density at radius 2 is 1.46 bits per heavy atom. The number of benzene rings is 3. The summed E-state index contributed by atoms with van der Waals surface area (Å²) in [6.07, 6.45) is 7.96. The van der Waals surface area contributed by atoms with E-state index in [-0.39, 0.29) is 18.6 Å². The van der Waals surface area contributed by atoms with E-state index >= 15 is 0 Å². The standard InChI is InChI=1S/C37H48O9P2/c1-7-8-11-16-30-24-35(41-26-43-47(6,38)45-31-17-12-9-13-18-31)37(34-23-29(4)21-22-33(34)28(2)3)36(25-30)42-27-44-48(39,40-5)46-32-19-14-10-15-20-32/h9-10,12-15,17-20,23-25,33-34H,2,7-8,11,16,21-22,26-27H2,1,3-6H3. The Kier molecular flexibility index (Phi) is 14.0. The molecular formula is C37H48O9P2. The van der Waals surface area contributed by atoms with E-state index in [1.807, 2.05) is 31.2 Å². The van der Waals surface area contributed by atoms with E-state index in [2.05, 4.69) is 26.5 Å². The molecule has 0 heterocycles. The fraction of sp³-hybridized carbons (Fsp3) is 0.405. The van der Waals surface area contributed by atoms with Gasteiger partial charge < -0.3 is 18.5 Å². The molecule has 0 N–H and O–H groups in total. The molecule has 3 aromatic carbocycles. The van der Waals surface area contributed by atoms with Crippen LogP contribution in [0.3, 0.4) is 0 Å². The lowest BCUT2D eigenvalue weighted by molar-refractivity contribution is 0.0760. The molecule has 0 aliphatic heterocycles. The Bertz CT molecular complexity index is 1610. The molecular weight excluding hydrogens is 650 g/mol.